The lowest BCUT2D eigenvalue weighted by molar-refractivity contribution is -0.114. The number of ketones is 2. The summed E-state index contributed by atoms with van der Waals surface area (Å²) < 4.78 is 13.7. The summed E-state index contributed by atoms with van der Waals surface area (Å²) >= 11 is 0. The first-order valence-electron chi connectivity index (χ1n) is 6.96. The van der Waals surface area contributed by atoms with Gasteiger partial charge in [-0.3, -0.25) is 14.7 Å². The highest BCUT2D eigenvalue weighted by Gasteiger charge is 2.21. The highest BCUT2D eigenvalue weighted by Crippen LogP contribution is 2.16. The maximum absolute atomic E-state index is 13.7. The Morgan fingerprint density at radius 1 is 1.13 bits per heavy atom. The summed E-state index contributed by atoms with van der Waals surface area (Å²) in [4.78, 5) is 30.6. The fourth-order valence-electron chi connectivity index (χ4n) is 2.30. The molecule has 0 unspecified atom stereocenters. The molecule has 3 aromatic rings. The lowest BCUT2D eigenvalue weighted by Gasteiger charge is -2.05. The summed E-state index contributed by atoms with van der Waals surface area (Å²) in [5.41, 5.74) is 1.88. The first-order chi connectivity index (χ1) is 11.1. The molecule has 116 valence electrons. The third-order valence-corrected chi connectivity index (χ3v) is 3.49. The number of nitrogens with one attached hydrogen (secondary N) is 2. The van der Waals surface area contributed by atoms with Crippen molar-refractivity contribution in [3.05, 3.63) is 71.3 Å². The van der Waals surface area contributed by atoms with Gasteiger partial charge in [0.1, 0.15) is 12.1 Å². The number of benzene rings is 1. The summed E-state index contributed by atoms with van der Waals surface area (Å²) in [5.74, 6) is -1.71. The van der Waals surface area contributed by atoms with E-state index in [9.17, 15) is 14.0 Å². The average Bonchev–Trinajstić information content (AvgIpc) is 3.21. The van der Waals surface area contributed by atoms with E-state index in [0.717, 1.165) is 0 Å². The number of hydrogen-bond acceptors (Lipinski definition) is 4. The van der Waals surface area contributed by atoms with Crippen LogP contribution < -0.4 is 0 Å². The fraction of sp³-hybridized carbons (Fsp3) is 0.125. The molecule has 1 aromatic carbocycles. The van der Waals surface area contributed by atoms with E-state index < -0.39 is 11.6 Å². The predicted molar refractivity (Wildman–Crippen MR) is 79.4 cm³/mol. The highest BCUT2D eigenvalue weighted by atomic mass is 19.1. The van der Waals surface area contributed by atoms with Crippen LogP contribution in [0.5, 0.6) is 0 Å². The molecule has 2 heterocycles. The minimum atomic E-state index is -0.722. The molecule has 0 saturated carbocycles. The molecule has 0 aliphatic carbocycles. The second-order valence-corrected chi connectivity index (χ2v) is 5.01. The molecule has 2 N–H and O–H groups in total. The molecule has 0 bridgehead atoms. The van der Waals surface area contributed by atoms with E-state index in [1.165, 1.54) is 12.4 Å². The van der Waals surface area contributed by atoms with Gasteiger partial charge in [-0.25, -0.2) is 9.37 Å². The zero-order valence-corrected chi connectivity index (χ0v) is 12.0. The van der Waals surface area contributed by atoms with Gasteiger partial charge in [-0.05, 0) is 23.3 Å². The van der Waals surface area contributed by atoms with Gasteiger partial charge in [0.25, 0.3) is 5.78 Å². The summed E-state index contributed by atoms with van der Waals surface area (Å²) in [5, 5.41) is 5.92. The standard InChI is InChI=1S/C16H13FN4O2/c17-12-4-2-1-3-10(12)7-13-11(5-6-18-13)8-14(22)15(23)16-19-9-20-21-16/h1-6,9,18H,7-8H2,(H,19,20,21). The van der Waals surface area contributed by atoms with Crippen LogP contribution in [0.3, 0.4) is 0 Å². The number of carbonyl (C=O) groups is 2. The second-order valence-electron chi connectivity index (χ2n) is 5.01. The second kappa shape index (κ2) is 6.35. The van der Waals surface area contributed by atoms with E-state index in [4.69, 9.17) is 0 Å². The van der Waals surface area contributed by atoms with Gasteiger partial charge in [0.2, 0.25) is 5.78 Å². The van der Waals surface area contributed by atoms with Crippen LogP contribution in [-0.2, 0) is 17.6 Å². The topological polar surface area (TPSA) is 91.5 Å². The largest absolute Gasteiger partial charge is 0.364 e. The van der Waals surface area contributed by atoms with Crippen LogP contribution >= 0.6 is 0 Å². The predicted octanol–water partition coefficient (Wildman–Crippen LogP) is 1.86. The molecule has 0 aliphatic heterocycles. The summed E-state index contributed by atoms with van der Waals surface area (Å²) in [6, 6.07) is 8.15. The van der Waals surface area contributed by atoms with Crippen LogP contribution in [0.25, 0.3) is 0 Å². The summed E-state index contributed by atoms with van der Waals surface area (Å²) in [7, 11) is 0. The van der Waals surface area contributed by atoms with Gasteiger partial charge in [-0.2, -0.15) is 5.10 Å². The Balaban J connectivity index is 1.75. The normalized spacial score (nSPS) is 10.7. The molecule has 7 heteroatoms. The number of carbonyl (C=O) groups excluding carboxylic acids is 2. The molecular weight excluding hydrogens is 299 g/mol. The van der Waals surface area contributed by atoms with Gasteiger partial charge in [-0.1, -0.05) is 18.2 Å². The monoisotopic (exact) mass is 312 g/mol. The zero-order valence-electron chi connectivity index (χ0n) is 12.0. The Hall–Kier alpha value is -3.09. The minimum Gasteiger partial charge on any atom is -0.364 e. The Bertz CT molecular complexity index is 839. The number of Topliss-reactive ketones (excluding diaryl/α,β-unsaturated/α-hetero) is 2. The third-order valence-electron chi connectivity index (χ3n) is 3.49. The van der Waals surface area contributed by atoms with Crippen LogP contribution in [-0.4, -0.2) is 31.7 Å². The van der Waals surface area contributed by atoms with Crippen molar-refractivity contribution in [3.63, 3.8) is 0 Å². The van der Waals surface area contributed by atoms with Crippen molar-refractivity contribution in [2.75, 3.05) is 0 Å². The van der Waals surface area contributed by atoms with Gasteiger partial charge >= 0.3 is 0 Å². The van der Waals surface area contributed by atoms with Gasteiger partial charge in [0.15, 0.2) is 5.82 Å². The van der Waals surface area contributed by atoms with E-state index in [-0.39, 0.29) is 18.1 Å². The van der Waals surface area contributed by atoms with E-state index in [1.54, 1.807) is 30.5 Å². The Morgan fingerprint density at radius 2 is 1.96 bits per heavy atom. The summed E-state index contributed by atoms with van der Waals surface area (Å²) in [6.45, 7) is 0. The molecule has 0 radical (unpaired) electrons. The molecule has 2 aromatic heterocycles. The quantitative estimate of drug-likeness (QED) is 0.537. The number of halogens is 1. The van der Waals surface area contributed by atoms with E-state index in [2.05, 4.69) is 20.2 Å². The van der Waals surface area contributed by atoms with Crippen molar-refractivity contribution in [2.24, 2.45) is 0 Å². The SMILES string of the molecule is O=C(Cc1cc[nH]c1Cc1ccccc1F)C(=O)c1ncn[nH]1. The van der Waals surface area contributed by atoms with E-state index >= 15 is 0 Å². The number of nitrogens with zero attached hydrogens (tertiary/aromatic N) is 2. The number of aromatic amines is 2. The number of hydrogen-bond donors (Lipinski definition) is 2. The lowest BCUT2D eigenvalue weighted by Crippen LogP contribution is -2.18. The molecule has 0 atom stereocenters. The zero-order chi connectivity index (χ0) is 16.2. The molecule has 23 heavy (non-hydrogen) atoms. The molecule has 0 spiro atoms. The van der Waals surface area contributed by atoms with Crippen molar-refractivity contribution in [1.29, 1.82) is 0 Å². The molecule has 0 aliphatic rings. The molecule has 0 saturated heterocycles. The highest BCUT2D eigenvalue weighted by molar-refractivity contribution is 6.43. The first-order valence-corrected chi connectivity index (χ1v) is 6.96. The molecule has 0 amide bonds. The van der Waals surface area contributed by atoms with Crippen LogP contribution in [0, 0.1) is 5.82 Å². The number of aromatic nitrogens is 4. The van der Waals surface area contributed by atoms with Crippen molar-refractivity contribution >= 4 is 11.6 Å². The third kappa shape index (κ3) is 3.23. The average molecular weight is 312 g/mol. The van der Waals surface area contributed by atoms with Gasteiger partial charge in [0, 0.05) is 24.7 Å². The van der Waals surface area contributed by atoms with E-state index in [1.807, 2.05) is 0 Å². The van der Waals surface area contributed by atoms with Gasteiger partial charge < -0.3 is 4.98 Å². The summed E-state index contributed by atoms with van der Waals surface area (Å²) in [6.07, 6.45) is 3.07. The van der Waals surface area contributed by atoms with Crippen LogP contribution in [0.4, 0.5) is 4.39 Å². The molecular formula is C16H13FN4O2. The minimum absolute atomic E-state index is 0.0766. The smallest absolute Gasteiger partial charge is 0.265 e. The first kappa shape index (κ1) is 14.8. The van der Waals surface area contributed by atoms with Crippen molar-refractivity contribution in [1.82, 2.24) is 20.2 Å². The Labute approximate surface area is 130 Å². The van der Waals surface area contributed by atoms with Gasteiger partial charge in [0.05, 0.1) is 0 Å². The number of rotatable bonds is 6. The molecule has 3 rings (SSSR count). The Morgan fingerprint density at radius 3 is 2.70 bits per heavy atom. The Kier molecular flexibility index (Phi) is 4.09. The van der Waals surface area contributed by atoms with Crippen LogP contribution in [0.1, 0.15) is 27.4 Å². The van der Waals surface area contributed by atoms with E-state index in [0.29, 0.717) is 23.2 Å². The van der Waals surface area contributed by atoms with Crippen LogP contribution in [0.2, 0.25) is 0 Å². The maximum Gasteiger partial charge on any atom is 0.265 e. The fourth-order valence-corrected chi connectivity index (χ4v) is 2.30. The van der Waals surface area contributed by atoms with Gasteiger partial charge in [-0.15, -0.1) is 0 Å². The molecule has 6 nitrogen and oxygen atoms in total. The van der Waals surface area contributed by atoms with Crippen molar-refractivity contribution < 1.29 is 14.0 Å². The van der Waals surface area contributed by atoms with Crippen molar-refractivity contribution in [3.8, 4) is 0 Å². The maximum atomic E-state index is 13.7. The van der Waals surface area contributed by atoms with Crippen LogP contribution in [0.15, 0.2) is 42.9 Å². The lowest BCUT2D eigenvalue weighted by atomic mass is 10.0. The molecule has 0 fully saturated rings. The van der Waals surface area contributed by atoms with Crippen molar-refractivity contribution in [2.45, 2.75) is 12.8 Å². The number of H-pyrrole nitrogens is 2.